The van der Waals surface area contributed by atoms with Gasteiger partial charge in [-0.1, -0.05) is 41.9 Å². The second-order valence-electron chi connectivity index (χ2n) is 9.09. The zero-order valence-corrected chi connectivity index (χ0v) is 24.4. The molecule has 0 saturated heterocycles. The molecule has 42 heavy (non-hydrogen) atoms. The molecule has 0 aliphatic carbocycles. The zero-order valence-electron chi connectivity index (χ0n) is 22.8. The highest BCUT2D eigenvalue weighted by Gasteiger charge is 2.17. The minimum atomic E-state index is -0.578. The Kier molecular flexibility index (Phi) is 10.3. The lowest BCUT2D eigenvalue weighted by molar-refractivity contribution is -0.114. The molecule has 0 aliphatic rings. The summed E-state index contributed by atoms with van der Waals surface area (Å²) in [6, 6.07) is 25.3. The fraction of sp³-hybridized carbons (Fsp3) is 0.0938. The van der Waals surface area contributed by atoms with Gasteiger partial charge in [0.05, 0.1) is 12.9 Å². The van der Waals surface area contributed by atoms with Crippen LogP contribution in [0.1, 0.15) is 21.5 Å². The topological polar surface area (TPSA) is 117 Å². The minimum absolute atomic E-state index is 0.00557. The fourth-order valence-corrected chi connectivity index (χ4v) is 4.73. The van der Waals surface area contributed by atoms with E-state index in [9.17, 15) is 19.5 Å². The van der Waals surface area contributed by atoms with Gasteiger partial charge < -0.3 is 25.8 Å². The number of nitrogens with one attached hydrogen (secondary N) is 3. The number of methoxy groups -OCH3 is 1. The molecule has 0 heterocycles. The highest BCUT2D eigenvalue weighted by atomic mass is 35.5. The third-order valence-corrected chi connectivity index (χ3v) is 7.36. The summed E-state index contributed by atoms with van der Waals surface area (Å²) in [5.74, 6) is -0.800. The number of ether oxygens (including phenoxy) is 1. The summed E-state index contributed by atoms with van der Waals surface area (Å²) in [5.41, 5.74) is 2.80. The largest absolute Gasteiger partial charge is 0.508 e. The molecule has 0 radical (unpaired) electrons. The SMILES string of the molecule is COc1cc(O)ccc1/C=C(/NC(=O)c1ccccc1)C(=O)Nc1cccc(SCC(=O)Nc2ccc(C)c(Cl)c2)c1. The van der Waals surface area contributed by atoms with Crippen LogP contribution >= 0.6 is 23.4 Å². The molecule has 214 valence electrons. The number of aromatic hydroxyl groups is 1. The Balaban J connectivity index is 1.48. The van der Waals surface area contributed by atoms with Crippen LogP contribution in [0, 0.1) is 6.92 Å². The Hall–Kier alpha value is -4.73. The van der Waals surface area contributed by atoms with E-state index in [0.29, 0.717) is 33.3 Å². The van der Waals surface area contributed by atoms with Gasteiger partial charge >= 0.3 is 0 Å². The van der Waals surface area contributed by atoms with E-state index < -0.39 is 11.8 Å². The molecule has 3 amide bonds. The highest BCUT2D eigenvalue weighted by molar-refractivity contribution is 8.00. The molecule has 4 N–H and O–H groups in total. The Morgan fingerprint density at radius 2 is 1.67 bits per heavy atom. The van der Waals surface area contributed by atoms with Crippen LogP contribution in [0.15, 0.2) is 102 Å². The van der Waals surface area contributed by atoms with Crippen molar-refractivity contribution in [3.05, 3.63) is 118 Å². The number of carbonyl (C=O) groups is 3. The lowest BCUT2D eigenvalue weighted by atomic mass is 10.1. The summed E-state index contributed by atoms with van der Waals surface area (Å²) in [6.45, 7) is 1.88. The second-order valence-corrected chi connectivity index (χ2v) is 10.5. The van der Waals surface area contributed by atoms with Crippen molar-refractivity contribution < 1.29 is 24.2 Å². The number of amides is 3. The van der Waals surface area contributed by atoms with Gasteiger partial charge in [0.25, 0.3) is 11.8 Å². The van der Waals surface area contributed by atoms with Gasteiger partial charge in [0, 0.05) is 38.5 Å². The third-order valence-electron chi connectivity index (χ3n) is 5.96. The third kappa shape index (κ3) is 8.39. The smallest absolute Gasteiger partial charge is 0.272 e. The molecule has 10 heteroatoms. The van der Waals surface area contributed by atoms with Crippen molar-refractivity contribution in [3.8, 4) is 11.5 Å². The average Bonchev–Trinajstić information content (AvgIpc) is 2.99. The fourth-order valence-electron chi connectivity index (χ4n) is 3.80. The Morgan fingerprint density at radius 1 is 0.905 bits per heavy atom. The van der Waals surface area contributed by atoms with E-state index in [1.807, 2.05) is 19.1 Å². The number of hydrogen-bond acceptors (Lipinski definition) is 6. The molecule has 0 saturated carbocycles. The number of hydrogen-bond donors (Lipinski definition) is 4. The van der Waals surface area contributed by atoms with E-state index in [0.717, 1.165) is 10.5 Å². The number of aryl methyl sites for hydroxylation is 1. The number of rotatable bonds is 10. The average molecular weight is 602 g/mol. The molecular formula is C32H28ClN3O5S. The summed E-state index contributed by atoms with van der Waals surface area (Å²) in [5, 5.41) is 18.7. The number of carbonyl (C=O) groups excluding carboxylic acids is 3. The van der Waals surface area contributed by atoms with Crippen LogP contribution < -0.4 is 20.7 Å². The summed E-state index contributed by atoms with van der Waals surface area (Å²) < 4.78 is 5.33. The van der Waals surface area contributed by atoms with Gasteiger partial charge in [-0.15, -0.1) is 11.8 Å². The Labute approximate surface area is 252 Å². The first-order chi connectivity index (χ1) is 20.2. The maximum absolute atomic E-state index is 13.4. The van der Waals surface area contributed by atoms with E-state index in [1.54, 1.807) is 66.7 Å². The standard InChI is InChI=1S/C32H28ClN3O5S/c1-20-11-13-24(17-27(20)33)34-30(38)19-42-26-10-6-9-23(16-26)35-32(40)28(36-31(39)21-7-4-3-5-8-21)15-22-12-14-25(37)18-29(22)41-2/h3-18,37H,19H2,1-2H3,(H,34,38)(H,35,40)(H,36,39)/b28-15+. The number of phenolic OH excluding ortho intramolecular Hbond substituents is 1. The number of benzene rings is 4. The van der Waals surface area contributed by atoms with E-state index >= 15 is 0 Å². The minimum Gasteiger partial charge on any atom is -0.508 e. The van der Waals surface area contributed by atoms with Crippen LogP contribution in [0.4, 0.5) is 11.4 Å². The number of halogens is 1. The molecule has 0 atom stereocenters. The lowest BCUT2D eigenvalue weighted by Gasteiger charge is -2.13. The van der Waals surface area contributed by atoms with Gasteiger partial charge in [-0.05, 0) is 73.2 Å². The van der Waals surface area contributed by atoms with Gasteiger partial charge in [-0.3, -0.25) is 14.4 Å². The molecule has 0 fully saturated rings. The van der Waals surface area contributed by atoms with E-state index in [1.165, 1.54) is 37.1 Å². The van der Waals surface area contributed by atoms with E-state index in [4.69, 9.17) is 16.3 Å². The lowest BCUT2D eigenvalue weighted by Crippen LogP contribution is -2.30. The molecule has 0 spiro atoms. The quantitative estimate of drug-likeness (QED) is 0.122. The number of phenols is 1. The molecule has 0 unspecified atom stereocenters. The number of anilines is 2. The van der Waals surface area contributed by atoms with Crippen LogP contribution in [0.2, 0.25) is 5.02 Å². The van der Waals surface area contributed by atoms with Gasteiger partial charge in [-0.2, -0.15) is 0 Å². The van der Waals surface area contributed by atoms with Gasteiger partial charge in [0.2, 0.25) is 5.91 Å². The summed E-state index contributed by atoms with van der Waals surface area (Å²) in [7, 11) is 1.44. The maximum Gasteiger partial charge on any atom is 0.272 e. The molecule has 0 aliphatic heterocycles. The predicted molar refractivity (Wildman–Crippen MR) is 167 cm³/mol. The first-order valence-corrected chi connectivity index (χ1v) is 14.1. The van der Waals surface area contributed by atoms with Crippen molar-refractivity contribution in [3.63, 3.8) is 0 Å². The molecular weight excluding hydrogens is 574 g/mol. The van der Waals surface area contributed by atoms with Crippen molar-refractivity contribution in [1.82, 2.24) is 5.32 Å². The predicted octanol–water partition coefficient (Wildman–Crippen LogP) is 6.50. The zero-order chi connectivity index (χ0) is 30.1. The first kappa shape index (κ1) is 30.2. The van der Waals surface area contributed by atoms with Crippen molar-refractivity contribution in [2.24, 2.45) is 0 Å². The van der Waals surface area contributed by atoms with Crippen molar-refractivity contribution >= 4 is 58.5 Å². The maximum atomic E-state index is 13.4. The van der Waals surface area contributed by atoms with Crippen LogP contribution in [-0.2, 0) is 9.59 Å². The van der Waals surface area contributed by atoms with E-state index in [2.05, 4.69) is 16.0 Å². The normalized spacial score (nSPS) is 11.0. The van der Waals surface area contributed by atoms with Crippen LogP contribution in [0.5, 0.6) is 11.5 Å². The van der Waals surface area contributed by atoms with Gasteiger partial charge in [-0.25, -0.2) is 0 Å². The molecule has 4 aromatic rings. The molecule has 0 bridgehead atoms. The Morgan fingerprint density at radius 3 is 2.40 bits per heavy atom. The van der Waals surface area contributed by atoms with Crippen molar-refractivity contribution in [2.75, 3.05) is 23.5 Å². The van der Waals surface area contributed by atoms with Crippen molar-refractivity contribution in [2.45, 2.75) is 11.8 Å². The summed E-state index contributed by atoms with van der Waals surface area (Å²) in [6.07, 6.45) is 1.47. The highest BCUT2D eigenvalue weighted by Crippen LogP contribution is 2.27. The van der Waals surface area contributed by atoms with Gasteiger partial charge in [0.15, 0.2) is 0 Å². The van der Waals surface area contributed by atoms with Crippen LogP contribution in [0.3, 0.4) is 0 Å². The summed E-state index contributed by atoms with van der Waals surface area (Å²) in [4.78, 5) is 39.6. The number of thioether (sulfide) groups is 1. The molecule has 4 aromatic carbocycles. The monoisotopic (exact) mass is 601 g/mol. The van der Waals surface area contributed by atoms with Crippen LogP contribution in [-0.4, -0.2) is 35.7 Å². The molecule has 4 rings (SSSR count). The molecule has 0 aromatic heterocycles. The van der Waals surface area contributed by atoms with E-state index in [-0.39, 0.29) is 23.1 Å². The molecule has 8 nitrogen and oxygen atoms in total. The van der Waals surface area contributed by atoms with Crippen molar-refractivity contribution in [1.29, 1.82) is 0 Å². The van der Waals surface area contributed by atoms with Crippen LogP contribution in [0.25, 0.3) is 6.08 Å². The second kappa shape index (κ2) is 14.2. The summed E-state index contributed by atoms with van der Waals surface area (Å²) >= 11 is 7.44. The van der Waals surface area contributed by atoms with Gasteiger partial charge in [0.1, 0.15) is 17.2 Å². The first-order valence-electron chi connectivity index (χ1n) is 12.8. The Bertz CT molecular complexity index is 1640.